The Hall–Kier alpha value is -1.80. The van der Waals surface area contributed by atoms with E-state index in [0.29, 0.717) is 17.7 Å². The molecule has 2 aromatic carbocycles. The number of hydrogen-bond acceptors (Lipinski definition) is 2. The second-order valence-corrected chi connectivity index (χ2v) is 4.80. The average Bonchev–Trinajstić information content (AvgIpc) is 2.41. The van der Waals surface area contributed by atoms with Crippen molar-refractivity contribution in [2.45, 2.75) is 11.5 Å². The lowest BCUT2D eigenvalue weighted by atomic mass is 9.95. The van der Waals surface area contributed by atoms with E-state index in [1.807, 2.05) is 42.5 Å². The lowest BCUT2D eigenvalue weighted by molar-refractivity contribution is -0.129. The number of alkyl halides is 1. The van der Waals surface area contributed by atoms with Crippen LogP contribution in [-0.2, 0) is 16.3 Å². The lowest BCUT2D eigenvalue weighted by Gasteiger charge is -2.32. The van der Waals surface area contributed by atoms with Crippen LogP contribution in [0.4, 0.5) is 0 Å². The standard InChI is InChI=1S/C15H11ClO2/c16-15(12-7-2-1-3-8-12)14(17)10-11-6-4-5-9-13(11)18-15/h1-9H,10H2. The highest BCUT2D eigenvalue weighted by molar-refractivity contribution is 6.34. The molecular formula is C15H11ClO2. The van der Waals surface area contributed by atoms with Gasteiger partial charge in [0.15, 0.2) is 0 Å². The lowest BCUT2D eigenvalue weighted by Crippen LogP contribution is -2.40. The molecule has 0 fully saturated rings. The summed E-state index contributed by atoms with van der Waals surface area (Å²) in [6.45, 7) is 0. The van der Waals surface area contributed by atoms with Crippen molar-refractivity contribution in [3.05, 3.63) is 65.7 Å². The Balaban J connectivity index is 2.07. The van der Waals surface area contributed by atoms with Gasteiger partial charge in [0.2, 0.25) is 5.78 Å². The van der Waals surface area contributed by atoms with Crippen molar-refractivity contribution in [2.24, 2.45) is 0 Å². The summed E-state index contributed by atoms with van der Waals surface area (Å²) in [6.07, 6.45) is 0.300. The SMILES string of the molecule is O=C1Cc2ccccc2OC1(Cl)c1ccccc1. The Morgan fingerprint density at radius 1 is 1.00 bits per heavy atom. The highest BCUT2D eigenvalue weighted by Crippen LogP contribution is 2.40. The number of halogens is 1. The average molecular weight is 259 g/mol. The van der Waals surface area contributed by atoms with Gasteiger partial charge in [0, 0.05) is 17.5 Å². The van der Waals surface area contributed by atoms with Gasteiger partial charge in [-0.1, -0.05) is 60.1 Å². The molecule has 0 saturated carbocycles. The fourth-order valence-corrected chi connectivity index (χ4v) is 2.39. The third kappa shape index (κ3) is 1.70. The van der Waals surface area contributed by atoms with Crippen LogP contribution in [0.15, 0.2) is 54.6 Å². The number of benzene rings is 2. The van der Waals surface area contributed by atoms with E-state index in [1.54, 1.807) is 12.1 Å². The van der Waals surface area contributed by atoms with Crippen molar-refractivity contribution in [3.63, 3.8) is 0 Å². The van der Waals surface area contributed by atoms with E-state index in [4.69, 9.17) is 16.3 Å². The molecule has 1 unspecified atom stereocenters. The van der Waals surface area contributed by atoms with Gasteiger partial charge in [-0.3, -0.25) is 4.79 Å². The number of Topliss-reactive ketones (excluding diaryl/α,β-unsaturated/α-hetero) is 1. The number of fused-ring (bicyclic) bond motifs is 1. The number of para-hydroxylation sites is 1. The number of carbonyl (C=O) groups is 1. The normalized spacial score (nSPS) is 22.2. The molecule has 3 heteroatoms. The Labute approximate surface area is 110 Å². The smallest absolute Gasteiger partial charge is 0.266 e. The summed E-state index contributed by atoms with van der Waals surface area (Å²) in [6, 6.07) is 16.7. The van der Waals surface area contributed by atoms with Gasteiger partial charge in [-0.05, 0) is 6.07 Å². The van der Waals surface area contributed by atoms with Crippen LogP contribution in [0.1, 0.15) is 11.1 Å². The largest absolute Gasteiger partial charge is 0.460 e. The van der Waals surface area contributed by atoms with E-state index in [0.717, 1.165) is 5.56 Å². The minimum Gasteiger partial charge on any atom is -0.460 e. The molecule has 1 heterocycles. The maximum Gasteiger partial charge on any atom is 0.266 e. The Morgan fingerprint density at radius 3 is 2.44 bits per heavy atom. The van der Waals surface area contributed by atoms with Crippen molar-refractivity contribution in [1.82, 2.24) is 0 Å². The molecule has 0 bridgehead atoms. The van der Waals surface area contributed by atoms with E-state index < -0.39 is 5.06 Å². The minimum atomic E-state index is -1.39. The summed E-state index contributed by atoms with van der Waals surface area (Å²) >= 11 is 6.41. The van der Waals surface area contributed by atoms with Gasteiger partial charge >= 0.3 is 0 Å². The zero-order valence-electron chi connectivity index (χ0n) is 9.60. The number of rotatable bonds is 1. The van der Waals surface area contributed by atoms with E-state index in [2.05, 4.69) is 0 Å². The van der Waals surface area contributed by atoms with E-state index in [9.17, 15) is 4.79 Å². The van der Waals surface area contributed by atoms with Gasteiger partial charge < -0.3 is 4.74 Å². The molecule has 0 radical (unpaired) electrons. The Kier molecular flexibility index (Phi) is 2.60. The van der Waals surface area contributed by atoms with E-state index >= 15 is 0 Å². The van der Waals surface area contributed by atoms with Crippen LogP contribution >= 0.6 is 11.6 Å². The molecule has 0 N–H and O–H groups in total. The number of carbonyl (C=O) groups excluding carboxylic acids is 1. The van der Waals surface area contributed by atoms with Gasteiger partial charge in [-0.2, -0.15) is 0 Å². The number of ether oxygens (including phenoxy) is 1. The molecule has 1 aliphatic rings. The third-order valence-corrected chi connectivity index (χ3v) is 3.58. The summed E-state index contributed by atoms with van der Waals surface area (Å²) in [7, 11) is 0. The summed E-state index contributed by atoms with van der Waals surface area (Å²) in [4.78, 5) is 12.2. The quantitative estimate of drug-likeness (QED) is 0.734. The first-order valence-corrected chi connectivity index (χ1v) is 6.12. The first-order valence-electron chi connectivity index (χ1n) is 5.75. The summed E-state index contributed by atoms with van der Waals surface area (Å²) in [5, 5.41) is -1.39. The molecule has 0 spiro atoms. The fourth-order valence-electron chi connectivity index (χ4n) is 2.12. The highest BCUT2D eigenvalue weighted by Gasteiger charge is 2.43. The van der Waals surface area contributed by atoms with Crippen LogP contribution < -0.4 is 4.74 Å². The third-order valence-electron chi connectivity index (χ3n) is 3.08. The van der Waals surface area contributed by atoms with Crippen LogP contribution in [0.3, 0.4) is 0 Å². The topological polar surface area (TPSA) is 26.3 Å². The van der Waals surface area contributed by atoms with Crippen molar-refractivity contribution in [2.75, 3.05) is 0 Å². The van der Waals surface area contributed by atoms with Crippen LogP contribution in [-0.4, -0.2) is 5.78 Å². The summed E-state index contributed by atoms with van der Waals surface area (Å²) < 4.78 is 5.73. The van der Waals surface area contributed by atoms with Gasteiger partial charge in [-0.15, -0.1) is 0 Å². The monoisotopic (exact) mass is 258 g/mol. The van der Waals surface area contributed by atoms with Crippen LogP contribution in [0.5, 0.6) is 5.75 Å². The molecule has 90 valence electrons. The molecule has 0 amide bonds. The first-order chi connectivity index (χ1) is 8.70. The molecule has 18 heavy (non-hydrogen) atoms. The molecular weight excluding hydrogens is 248 g/mol. The van der Waals surface area contributed by atoms with Gasteiger partial charge in [0.05, 0.1) is 0 Å². The predicted molar refractivity (Wildman–Crippen MR) is 69.8 cm³/mol. The van der Waals surface area contributed by atoms with Gasteiger partial charge in [-0.25, -0.2) is 0 Å². The second kappa shape index (κ2) is 4.14. The predicted octanol–water partition coefficient (Wildman–Crippen LogP) is 3.28. The van der Waals surface area contributed by atoms with E-state index in [1.165, 1.54) is 0 Å². The van der Waals surface area contributed by atoms with Crippen molar-refractivity contribution >= 4 is 17.4 Å². The molecule has 0 aliphatic carbocycles. The van der Waals surface area contributed by atoms with Crippen molar-refractivity contribution in [3.8, 4) is 5.75 Å². The van der Waals surface area contributed by atoms with Crippen LogP contribution in [0, 0.1) is 0 Å². The molecule has 0 aromatic heterocycles. The summed E-state index contributed by atoms with van der Waals surface area (Å²) in [5.74, 6) is 0.546. The zero-order chi connectivity index (χ0) is 12.6. The molecule has 1 aliphatic heterocycles. The maximum atomic E-state index is 12.2. The van der Waals surface area contributed by atoms with Crippen LogP contribution in [0.2, 0.25) is 0 Å². The molecule has 1 atom stereocenters. The van der Waals surface area contributed by atoms with Gasteiger partial charge in [0.25, 0.3) is 5.06 Å². The minimum absolute atomic E-state index is 0.130. The highest BCUT2D eigenvalue weighted by atomic mass is 35.5. The molecule has 3 rings (SSSR count). The van der Waals surface area contributed by atoms with Crippen LogP contribution in [0.25, 0.3) is 0 Å². The number of ketones is 1. The zero-order valence-corrected chi connectivity index (χ0v) is 10.4. The van der Waals surface area contributed by atoms with Crippen molar-refractivity contribution in [1.29, 1.82) is 0 Å². The molecule has 2 aromatic rings. The molecule has 0 saturated heterocycles. The molecule has 2 nitrogen and oxygen atoms in total. The van der Waals surface area contributed by atoms with E-state index in [-0.39, 0.29) is 5.78 Å². The van der Waals surface area contributed by atoms with Gasteiger partial charge in [0.1, 0.15) is 5.75 Å². The first kappa shape index (κ1) is 11.3. The van der Waals surface area contributed by atoms with Crippen molar-refractivity contribution < 1.29 is 9.53 Å². The summed E-state index contributed by atoms with van der Waals surface area (Å²) in [5.41, 5.74) is 1.56. The maximum absolute atomic E-state index is 12.2. The number of hydrogen-bond donors (Lipinski definition) is 0. The Bertz CT molecular complexity index is 594. The fraction of sp³-hybridized carbons (Fsp3) is 0.133. The second-order valence-electron chi connectivity index (χ2n) is 4.27. The Morgan fingerprint density at radius 2 is 1.67 bits per heavy atom.